The van der Waals surface area contributed by atoms with Crippen molar-refractivity contribution in [2.24, 2.45) is 11.7 Å². The van der Waals surface area contributed by atoms with Gasteiger partial charge in [0.2, 0.25) is 0 Å². The van der Waals surface area contributed by atoms with Crippen LogP contribution in [-0.4, -0.2) is 23.5 Å². The van der Waals surface area contributed by atoms with Gasteiger partial charge in [-0.25, -0.2) is 0 Å². The van der Waals surface area contributed by atoms with Gasteiger partial charge in [0.1, 0.15) is 0 Å². The average molecular weight is 223 g/mol. The third kappa shape index (κ3) is 1.78. The van der Waals surface area contributed by atoms with Crippen molar-refractivity contribution in [2.75, 3.05) is 13.1 Å². The molecule has 2 nitrogen and oxygen atoms in total. The van der Waals surface area contributed by atoms with Gasteiger partial charge >= 0.3 is 0 Å². The second-order valence-corrected chi connectivity index (χ2v) is 5.37. The van der Waals surface area contributed by atoms with Crippen molar-refractivity contribution in [1.29, 1.82) is 0 Å². The van der Waals surface area contributed by atoms with E-state index in [0.717, 1.165) is 24.0 Å². The highest BCUT2D eigenvalue weighted by Crippen LogP contribution is 2.47. The van der Waals surface area contributed by atoms with E-state index in [1.165, 1.54) is 18.5 Å². The van der Waals surface area contributed by atoms with Crippen molar-refractivity contribution in [3.63, 3.8) is 0 Å². The fraction of sp³-hybridized carbons (Fsp3) is 0.500. The Morgan fingerprint density at radius 1 is 1.40 bits per heavy atom. The SMILES string of the molecule is N[C@@]12C[C@@H]1CN(Cc1ccc(Cl)cc1)C2. The summed E-state index contributed by atoms with van der Waals surface area (Å²) in [5, 5.41) is 0.804. The molecule has 1 aliphatic heterocycles. The summed E-state index contributed by atoms with van der Waals surface area (Å²) in [5.74, 6) is 0.754. The number of fused-ring (bicyclic) bond motifs is 1. The molecular formula is C12H15ClN2. The second-order valence-electron chi connectivity index (χ2n) is 4.93. The normalized spacial score (nSPS) is 34.1. The maximum absolute atomic E-state index is 6.16. The van der Waals surface area contributed by atoms with E-state index in [2.05, 4.69) is 17.0 Å². The zero-order chi connectivity index (χ0) is 10.5. The van der Waals surface area contributed by atoms with Crippen molar-refractivity contribution >= 4 is 11.6 Å². The van der Waals surface area contributed by atoms with E-state index in [4.69, 9.17) is 17.3 Å². The maximum atomic E-state index is 6.16. The number of nitrogens with zero attached hydrogens (tertiary/aromatic N) is 1. The number of hydrogen-bond acceptors (Lipinski definition) is 2. The Kier molecular flexibility index (Phi) is 2.06. The average Bonchev–Trinajstić information content (AvgIpc) is 2.70. The van der Waals surface area contributed by atoms with Gasteiger partial charge < -0.3 is 5.73 Å². The van der Waals surface area contributed by atoms with Gasteiger partial charge in [-0.2, -0.15) is 0 Å². The Hall–Kier alpha value is -0.570. The maximum Gasteiger partial charge on any atom is 0.0406 e. The van der Waals surface area contributed by atoms with Crippen molar-refractivity contribution < 1.29 is 0 Å². The second kappa shape index (κ2) is 3.21. The summed E-state index contributed by atoms with van der Waals surface area (Å²) in [6.07, 6.45) is 1.23. The van der Waals surface area contributed by atoms with Crippen LogP contribution >= 0.6 is 11.6 Å². The Morgan fingerprint density at radius 2 is 2.13 bits per heavy atom. The van der Waals surface area contributed by atoms with E-state index in [9.17, 15) is 0 Å². The van der Waals surface area contributed by atoms with Gasteiger partial charge in [0.05, 0.1) is 0 Å². The van der Waals surface area contributed by atoms with Crippen LogP contribution in [0.25, 0.3) is 0 Å². The fourth-order valence-corrected chi connectivity index (χ4v) is 2.73. The minimum Gasteiger partial charge on any atom is -0.324 e. The smallest absolute Gasteiger partial charge is 0.0406 e. The number of hydrogen-bond donors (Lipinski definition) is 1. The van der Waals surface area contributed by atoms with Crippen LogP contribution < -0.4 is 5.73 Å². The molecule has 0 amide bonds. The van der Waals surface area contributed by atoms with Gasteiger partial charge in [0.25, 0.3) is 0 Å². The summed E-state index contributed by atoms with van der Waals surface area (Å²) in [4.78, 5) is 2.44. The molecule has 2 atom stereocenters. The van der Waals surface area contributed by atoms with Crippen LogP contribution in [0.5, 0.6) is 0 Å². The topological polar surface area (TPSA) is 29.3 Å². The molecule has 0 radical (unpaired) electrons. The zero-order valence-corrected chi connectivity index (χ0v) is 9.37. The highest BCUT2D eigenvalue weighted by Gasteiger charge is 2.56. The Morgan fingerprint density at radius 3 is 2.73 bits per heavy atom. The molecular weight excluding hydrogens is 208 g/mol. The molecule has 1 saturated heterocycles. The fourth-order valence-electron chi connectivity index (χ4n) is 2.60. The van der Waals surface area contributed by atoms with Crippen molar-refractivity contribution in [2.45, 2.75) is 18.5 Å². The van der Waals surface area contributed by atoms with E-state index < -0.39 is 0 Å². The summed E-state index contributed by atoms with van der Waals surface area (Å²) in [6, 6.07) is 8.09. The third-order valence-corrected chi connectivity index (χ3v) is 3.85. The van der Waals surface area contributed by atoms with Crippen LogP contribution in [0.1, 0.15) is 12.0 Å². The van der Waals surface area contributed by atoms with Crippen LogP contribution in [0.15, 0.2) is 24.3 Å². The van der Waals surface area contributed by atoms with E-state index >= 15 is 0 Å². The van der Waals surface area contributed by atoms with Gasteiger partial charge in [0, 0.05) is 30.2 Å². The van der Waals surface area contributed by atoms with Crippen LogP contribution in [0.3, 0.4) is 0 Å². The molecule has 80 valence electrons. The van der Waals surface area contributed by atoms with Crippen molar-refractivity contribution in [3.8, 4) is 0 Å². The first kappa shape index (κ1) is 9.64. The number of rotatable bonds is 2. The van der Waals surface area contributed by atoms with Gasteiger partial charge in [-0.05, 0) is 30.0 Å². The van der Waals surface area contributed by atoms with Crippen LogP contribution in [0, 0.1) is 5.92 Å². The van der Waals surface area contributed by atoms with Gasteiger partial charge in [0.15, 0.2) is 0 Å². The molecule has 1 aromatic carbocycles. The van der Waals surface area contributed by atoms with E-state index in [1.807, 2.05) is 12.1 Å². The molecule has 3 heteroatoms. The summed E-state index contributed by atoms with van der Waals surface area (Å²) in [5.41, 5.74) is 7.64. The monoisotopic (exact) mass is 222 g/mol. The molecule has 0 unspecified atom stereocenters. The number of piperidine rings is 1. The van der Waals surface area contributed by atoms with Gasteiger partial charge in [-0.3, -0.25) is 4.90 Å². The lowest BCUT2D eigenvalue weighted by Gasteiger charge is -2.18. The molecule has 1 aromatic rings. The molecule has 2 aliphatic rings. The number of nitrogens with two attached hydrogens (primary N) is 1. The van der Waals surface area contributed by atoms with Crippen molar-refractivity contribution in [1.82, 2.24) is 4.90 Å². The summed E-state index contributed by atoms with van der Waals surface area (Å²) in [7, 11) is 0. The molecule has 0 spiro atoms. The molecule has 2 fully saturated rings. The molecule has 0 bridgehead atoms. The minimum absolute atomic E-state index is 0.159. The predicted molar refractivity (Wildman–Crippen MR) is 61.8 cm³/mol. The molecule has 1 saturated carbocycles. The first-order valence-electron chi connectivity index (χ1n) is 5.41. The van der Waals surface area contributed by atoms with Crippen LogP contribution in [0.2, 0.25) is 5.02 Å². The molecule has 15 heavy (non-hydrogen) atoms. The highest BCUT2D eigenvalue weighted by molar-refractivity contribution is 6.30. The van der Waals surface area contributed by atoms with E-state index in [1.54, 1.807) is 0 Å². The Labute approximate surface area is 95.0 Å². The van der Waals surface area contributed by atoms with E-state index in [-0.39, 0.29) is 5.54 Å². The van der Waals surface area contributed by atoms with Gasteiger partial charge in [-0.1, -0.05) is 23.7 Å². The molecule has 3 rings (SSSR count). The highest BCUT2D eigenvalue weighted by atomic mass is 35.5. The van der Waals surface area contributed by atoms with E-state index in [0.29, 0.717) is 0 Å². The first-order valence-corrected chi connectivity index (χ1v) is 5.79. The predicted octanol–water partition coefficient (Wildman–Crippen LogP) is 1.87. The number of benzene rings is 1. The Balaban J connectivity index is 1.64. The molecule has 0 aromatic heterocycles. The summed E-state index contributed by atoms with van der Waals surface area (Å²) in [6.45, 7) is 3.23. The quantitative estimate of drug-likeness (QED) is 0.828. The first-order chi connectivity index (χ1) is 7.16. The van der Waals surface area contributed by atoms with Crippen molar-refractivity contribution in [3.05, 3.63) is 34.9 Å². The number of likely N-dealkylation sites (tertiary alicyclic amines) is 1. The largest absolute Gasteiger partial charge is 0.324 e. The molecule has 1 heterocycles. The Bertz CT molecular complexity index is 376. The standard InChI is InChI=1S/C12H15ClN2/c13-11-3-1-9(2-4-11)6-15-7-10-5-12(10,14)8-15/h1-4,10H,5-8,14H2/t10-,12-/m1/s1. The lowest BCUT2D eigenvalue weighted by atomic mass is 10.2. The summed E-state index contributed by atoms with van der Waals surface area (Å²) >= 11 is 5.85. The minimum atomic E-state index is 0.159. The van der Waals surface area contributed by atoms with Crippen LogP contribution in [0.4, 0.5) is 0 Å². The lowest BCUT2D eigenvalue weighted by Crippen LogP contribution is -2.32. The van der Waals surface area contributed by atoms with Gasteiger partial charge in [-0.15, -0.1) is 0 Å². The zero-order valence-electron chi connectivity index (χ0n) is 8.62. The van der Waals surface area contributed by atoms with Crippen LogP contribution in [-0.2, 0) is 6.54 Å². The number of halogens is 1. The molecule has 2 N–H and O–H groups in total. The lowest BCUT2D eigenvalue weighted by molar-refractivity contribution is 0.291. The molecule has 1 aliphatic carbocycles. The third-order valence-electron chi connectivity index (χ3n) is 3.60. The summed E-state index contributed by atoms with van der Waals surface area (Å²) < 4.78 is 0.